The van der Waals surface area contributed by atoms with E-state index in [4.69, 9.17) is 0 Å². The molecule has 128 valence electrons. The molecule has 0 aliphatic rings. The first-order valence-electron chi connectivity index (χ1n) is 8.02. The van der Waals surface area contributed by atoms with Gasteiger partial charge in [0.05, 0.1) is 11.3 Å². The Morgan fingerprint density at radius 1 is 1.12 bits per heavy atom. The van der Waals surface area contributed by atoms with Crippen molar-refractivity contribution in [3.63, 3.8) is 0 Å². The summed E-state index contributed by atoms with van der Waals surface area (Å²) >= 11 is 0. The summed E-state index contributed by atoms with van der Waals surface area (Å²) in [5, 5.41) is 2.77. The van der Waals surface area contributed by atoms with Crippen LogP contribution in [-0.4, -0.2) is 28.9 Å². The van der Waals surface area contributed by atoms with Crippen molar-refractivity contribution in [2.45, 2.75) is 26.7 Å². The molecule has 2 rings (SSSR count). The van der Waals surface area contributed by atoms with Crippen LogP contribution in [0.2, 0.25) is 0 Å². The average molecular weight is 333 g/mol. The Hall–Kier alpha value is -2.50. The van der Waals surface area contributed by atoms with Gasteiger partial charge in [-0.2, -0.15) is 0 Å². The van der Waals surface area contributed by atoms with E-state index < -0.39 is 11.6 Å². The number of carbonyl (C=O) groups excluding carboxylic acids is 1. The van der Waals surface area contributed by atoms with Crippen molar-refractivity contribution in [3.8, 4) is 0 Å². The number of aromatic nitrogens is 1. The molecule has 0 saturated heterocycles. The number of pyridine rings is 1. The number of anilines is 2. The lowest BCUT2D eigenvalue weighted by atomic mass is 10.2. The predicted octanol–water partition coefficient (Wildman–Crippen LogP) is 4.37. The number of rotatable bonds is 7. The van der Waals surface area contributed by atoms with E-state index in [1.807, 2.05) is 13.8 Å². The molecule has 0 spiro atoms. The largest absolute Gasteiger partial charge is 0.339 e. The number of carbonyl (C=O) groups is 1. The number of benzene rings is 1. The van der Waals surface area contributed by atoms with Crippen molar-refractivity contribution in [1.82, 2.24) is 9.88 Å². The van der Waals surface area contributed by atoms with Crippen molar-refractivity contribution in [1.29, 1.82) is 0 Å². The van der Waals surface area contributed by atoms with Gasteiger partial charge < -0.3 is 10.2 Å². The number of amides is 1. The summed E-state index contributed by atoms with van der Waals surface area (Å²) in [4.78, 5) is 18.4. The molecule has 0 atom stereocenters. The lowest BCUT2D eigenvalue weighted by Crippen LogP contribution is -2.32. The zero-order valence-corrected chi connectivity index (χ0v) is 13.9. The maximum absolute atomic E-state index is 13.6. The second-order valence-corrected chi connectivity index (χ2v) is 5.47. The topological polar surface area (TPSA) is 45.2 Å². The highest BCUT2D eigenvalue weighted by atomic mass is 19.1. The van der Waals surface area contributed by atoms with Gasteiger partial charge in [0.2, 0.25) is 0 Å². The molecule has 6 heteroatoms. The van der Waals surface area contributed by atoms with Crippen molar-refractivity contribution in [2.24, 2.45) is 0 Å². The zero-order valence-electron chi connectivity index (χ0n) is 13.9. The van der Waals surface area contributed by atoms with Gasteiger partial charge in [0, 0.05) is 25.4 Å². The van der Waals surface area contributed by atoms with Crippen LogP contribution >= 0.6 is 0 Å². The van der Waals surface area contributed by atoms with Crippen LogP contribution in [0.4, 0.5) is 20.3 Å². The van der Waals surface area contributed by atoms with Gasteiger partial charge in [-0.25, -0.2) is 13.8 Å². The maximum Gasteiger partial charge on any atom is 0.255 e. The summed E-state index contributed by atoms with van der Waals surface area (Å²) in [6.07, 6.45) is 3.25. The summed E-state index contributed by atoms with van der Waals surface area (Å²) in [6.45, 7) is 5.46. The smallest absolute Gasteiger partial charge is 0.255 e. The highest BCUT2D eigenvalue weighted by molar-refractivity contribution is 5.94. The van der Waals surface area contributed by atoms with Crippen LogP contribution in [0, 0.1) is 11.6 Å². The Labute approximate surface area is 140 Å². The third-order valence-corrected chi connectivity index (χ3v) is 3.48. The van der Waals surface area contributed by atoms with Gasteiger partial charge in [0.25, 0.3) is 5.91 Å². The van der Waals surface area contributed by atoms with E-state index >= 15 is 0 Å². The van der Waals surface area contributed by atoms with Gasteiger partial charge in [-0.05, 0) is 37.1 Å². The van der Waals surface area contributed by atoms with E-state index in [2.05, 4.69) is 10.3 Å². The van der Waals surface area contributed by atoms with Crippen molar-refractivity contribution < 1.29 is 13.6 Å². The van der Waals surface area contributed by atoms with Crippen LogP contribution in [0.1, 0.15) is 37.0 Å². The monoisotopic (exact) mass is 333 g/mol. The summed E-state index contributed by atoms with van der Waals surface area (Å²) in [5.41, 5.74) is 0.614. The van der Waals surface area contributed by atoms with E-state index in [9.17, 15) is 13.6 Å². The molecule has 0 aliphatic heterocycles. The first kappa shape index (κ1) is 17.8. The molecule has 0 saturated carbocycles. The van der Waals surface area contributed by atoms with Crippen LogP contribution in [0.5, 0.6) is 0 Å². The van der Waals surface area contributed by atoms with Gasteiger partial charge in [0.15, 0.2) is 0 Å². The molecule has 1 aromatic carbocycles. The molecule has 1 N–H and O–H groups in total. The number of halogens is 2. The maximum atomic E-state index is 13.6. The number of hydrogen-bond donors (Lipinski definition) is 1. The van der Waals surface area contributed by atoms with E-state index in [-0.39, 0.29) is 11.6 Å². The van der Waals surface area contributed by atoms with Gasteiger partial charge in [-0.15, -0.1) is 0 Å². The Bertz CT molecular complexity index is 683. The molecular weight excluding hydrogens is 312 g/mol. The highest BCUT2D eigenvalue weighted by Gasteiger charge is 2.14. The second kappa shape index (κ2) is 8.38. The second-order valence-electron chi connectivity index (χ2n) is 5.47. The molecule has 1 aromatic heterocycles. The fourth-order valence-corrected chi connectivity index (χ4v) is 2.36. The Kier molecular flexibility index (Phi) is 6.23. The van der Waals surface area contributed by atoms with Crippen molar-refractivity contribution in [3.05, 3.63) is 53.7 Å². The number of hydrogen-bond acceptors (Lipinski definition) is 3. The van der Waals surface area contributed by atoms with Gasteiger partial charge in [-0.1, -0.05) is 13.8 Å². The molecule has 1 heterocycles. The summed E-state index contributed by atoms with van der Waals surface area (Å²) in [7, 11) is 0. The van der Waals surface area contributed by atoms with Crippen LogP contribution in [0.3, 0.4) is 0 Å². The predicted molar refractivity (Wildman–Crippen MR) is 90.4 cm³/mol. The van der Waals surface area contributed by atoms with Gasteiger partial charge in [-0.3, -0.25) is 4.79 Å². The Morgan fingerprint density at radius 3 is 2.38 bits per heavy atom. The fraction of sp³-hybridized carbons (Fsp3) is 0.333. The summed E-state index contributed by atoms with van der Waals surface area (Å²) < 4.78 is 26.5. The average Bonchev–Trinajstić information content (AvgIpc) is 2.57. The Morgan fingerprint density at radius 2 is 1.83 bits per heavy atom. The zero-order chi connectivity index (χ0) is 17.5. The third-order valence-electron chi connectivity index (χ3n) is 3.48. The third kappa shape index (κ3) is 4.50. The van der Waals surface area contributed by atoms with Crippen LogP contribution < -0.4 is 5.32 Å². The van der Waals surface area contributed by atoms with Crippen LogP contribution in [-0.2, 0) is 0 Å². The molecular formula is C18H21F2N3O. The first-order valence-corrected chi connectivity index (χ1v) is 8.02. The molecule has 0 radical (unpaired) electrons. The molecule has 0 fully saturated rings. The molecule has 1 amide bonds. The van der Waals surface area contributed by atoms with Gasteiger partial charge in [0.1, 0.15) is 17.5 Å². The Balaban J connectivity index is 2.10. The standard InChI is InChI=1S/C18H21F2N3O/c1-3-9-23(10-4-2)18(24)13-5-8-17(21-12-13)22-16-7-6-14(19)11-15(16)20/h5-8,11-12H,3-4,9-10H2,1-2H3,(H,21,22). The van der Waals surface area contributed by atoms with Crippen molar-refractivity contribution in [2.75, 3.05) is 18.4 Å². The summed E-state index contributed by atoms with van der Waals surface area (Å²) in [6, 6.07) is 6.52. The number of nitrogens with one attached hydrogen (secondary N) is 1. The SMILES string of the molecule is CCCN(CCC)C(=O)c1ccc(Nc2ccc(F)cc2F)nc1. The minimum atomic E-state index is -0.700. The first-order chi connectivity index (χ1) is 11.5. The molecule has 2 aromatic rings. The van der Waals surface area contributed by atoms with E-state index in [0.29, 0.717) is 24.5 Å². The highest BCUT2D eigenvalue weighted by Crippen LogP contribution is 2.19. The van der Waals surface area contributed by atoms with E-state index in [0.717, 1.165) is 25.0 Å². The van der Waals surface area contributed by atoms with Crippen LogP contribution in [0.25, 0.3) is 0 Å². The molecule has 0 aliphatic carbocycles. The lowest BCUT2D eigenvalue weighted by molar-refractivity contribution is 0.0755. The fourth-order valence-electron chi connectivity index (χ4n) is 2.36. The van der Waals surface area contributed by atoms with E-state index in [1.165, 1.54) is 12.3 Å². The molecule has 4 nitrogen and oxygen atoms in total. The minimum Gasteiger partial charge on any atom is -0.339 e. The minimum absolute atomic E-state index is 0.0642. The molecule has 0 unspecified atom stereocenters. The molecule has 24 heavy (non-hydrogen) atoms. The van der Waals surface area contributed by atoms with E-state index in [1.54, 1.807) is 17.0 Å². The normalized spacial score (nSPS) is 10.5. The lowest BCUT2D eigenvalue weighted by Gasteiger charge is -2.21. The molecule has 0 bridgehead atoms. The van der Waals surface area contributed by atoms with Crippen LogP contribution in [0.15, 0.2) is 36.5 Å². The quantitative estimate of drug-likeness (QED) is 0.818. The van der Waals surface area contributed by atoms with Gasteiger partial charge >= 0.3 is 0 Å². The van der Waals surface area contributed by atoms with Crippen molar-refractivity contribution >= 4 is 17.4 Å². The summed E-state index contributed by atoms with van der Waals surface area (Å²) in [5.74, 6) is -1.02. The number of nitrogens with zero attached hydrogens (tertiary/aromatic N) is 2.